The van der Waals surface area contributed by atoms with Gasteiger partial charge in [-0.05, 0) is 18.8 Å². The highest BCUT2D eigenvalue weighted by Gasteiger charge is 2.25. The molecule has 13 heavy (non-hydrogen) atoms. The van der Waals surface area contributed by atoms with Crippen LogP contribution in [0.25, 0.3) is 0 Å². The summed E-state index contributed by atoms with van der Waals surface area (Å²) in [6.45, 7) is 6.55. The third-order valence-corrected chi connectivity index (χ3v) is 2.87. The van der Waals surface area contributed by atoms with Crippen molar-refractivity contribution >= 4 is 0 Å². The highest BCUT2D eigenvalue weighted by Crippen LogP contribution is 2.20. The smallest absolute Gasteiger partial charge is 0.0662 e. The van der Waals surface area contributed by atoms with Gasteiger partial charge in [-0.3, -0.25) is 0 Å². The molecule has 0 aliphatic rings. The third-order valence-electron chi connectivity index (χ3n) is 2.87. The van der Waals surface area contributed by atoms with Gasteiger partial charge >= 0.3 is 0 Å². The molecule has 0 aromatic carbocycles. The zero-order valence-corrected chi connectivity index (χ0v) is 9.47. The maximum atomic E-state index is 6.06. The van der Waals surface area contributed by atoms with E-state index in [1.807, 2.05) is 0 Å². The molecule has 2 nitrogen and oxygen atoms in total. The molecule has 0 rings (SSSR count). The Morgan fingerprint density at radius 3 is 2.08 bits per heavy atom. The Morgan fingerprint density at radius 2 is 1.62 bits per heavy atom. The first kappa shape index (κ1) is 12.9. The van der Waals surface area contributed by atoms with Crippen LogP contribution >= 0.6 is 0 Å². The molecule has 0 heterocycles. The number of hydrogen-bond acceptors (Lipinski definition) is 2. The maximum absolute atomic E-state index is 6.06. The van der Waals surface area contributed by atoms with Gasteiger partial charge in [0.1, 0.15) is 0 Å². The van der Waals surface area contributed by atoms with E-state index in [4.69, 9.17) is 11.5 Å². The number of nitrogens with two attached hydrogens (primary N) is 2. The number of unbranched alkanes of at least 4 members (excludes halogenated alkanes) is 2. The predicted octanol–water partition coefficient (Wildman–Crippen LogP) is 2.62. The maximum Gasteiger partial charge on any atom is 0.0662 e. The molecule has 0 spiro atoms. The molecule has 2 heteroatoms. The average molecular weight is 186 g/mol. The number of rotatable bonds is 7. The van der Waals surface area contributed by atoms with Crippen LogP contribution in [-0.2, 0) is 0 Å². The van der Waals surface area contributed by atoms with Crippen LogP contribution in [0.3, 0.4) is 0 Å². The first-order valence-electron chi connectivity index (χ1n) is 5.62. The van der Waals surface area contributed by atoms with Crippen LogP contribution in [0.1, 0.15) is 59.3 Å². The van der Waals surface area contributed by atoms with Crippen LogP contribution in [0, 0.1) is 5.92 Å². The van der Waals surface area contributed by atoms with Crippen molar-refractivity contribution in [2.24, 2.45) is 17.4 Å². The largest absolute Gasteiger partial charge is 0.313 e. The van der Waals surface area contributed by atoms with Gasteiger partial charge in [0.05, 0.1) is 5.66 Å². The second kappa shape index (κ2) is 6.39. The molecular formula is C11H26N2. The first-order valence-corrected chi connectivity index (χ1v) is 5.62. The summed E-state index contributed by atoms with van der Waals surface area (Å²) in [5.41, 5.74) is 11.7. The van der Waals surface area contributed by atoms with Gasteiger partial charge in [-0.15, -0.1) is 0 Å². The Morgan fingerprint density at radius 1 is 1.08 bits per heavy atom. The van der Waals surface area contributed by atoms with Crippen LogP contribution in [-0.4, -0.2) is 5.66 Å². The fourth-order valence-electron chi connectivity index (χ4n) is 1.51. The van der Waals surface area contributed by atoms with Gasteiger partial charge in [0, 0.05) is 0 Å². The summed E-state index contributed by atoms with van der Waals surface area (Å²) in [5.74, 6) is 0.444. The lowest BCUT2D eigenvalue weighted by Gasteiger charge is -2.31. The van der Waals surface area contributed by atoms with Crippen LogP contribution in [0.4, 0.5) is 0 Å². The minimum atomic E-state index is -0.439. The zero-order chi connectivity index (χ0) is 10.3. The minimum absolute atomic E-state index is 0.439. The topological polar surface area (TPSA) is 52.0 Å². The van der Waals surface area contributed by atoms with Gasteiger partial charge in [0.25, 0.3) is 0 Å². The Kier molecular flexibility index (Phi) is 6.35. The summed E-state index contributed by atoms with van der Waals surface area (Å²) in [4.78, 5) is 0. The van der Waals surface area contributed by atoms with Crippen LogP contribution < -0.4 is 11.5 Å². The number of hydrogen-bond donors (Lipinski definition) is 2. The molecule has 1 atom stereocenters. The SMILES string of the molecule is CCCCC(C)C(N)(N)CCCC. The first-order chi connectivity index (χ1) is 6.04. The molecule has 0 amide bonds. The molecule has 1 unspecified atom stereocenters. The van der Waals surface area contributed by atoms with Crippen molar-refractivity contribution in [2.75, 3.05) is 0 Å². The van der Waals surface area contributed by atoms with Gasteiger partial charge in [-0.2, -0.15) is 0 Å². The van der Waals surface area contributed by atoms with Crippen molar-refractivity contribution in [3.63, 3.8) is 0 Å². The highest BCUT2D eigenvalue weighted by atomic mass is 15.0. The zero-order valence-electron chi connectivity index (χ0n) is 9.47. The fourth-order valence-corrected chi connectivity index (χ4v) is 1.51. The summed E-state index contributed by atoms with van der Waals surface area (Å²) in [6, 6.07) is 0. The summed E-state index contributed by atoms with van der Waals surface area (Å²) in [5, 5.41) is 0. The van der Waals surface area contributed by atoms with E-state index in [9.17, 15) is 0 Å². The monoisotopic (exact) mass is 186 g/mol. The van der Waals surface area contributed by atoms with Crippen molar-refractivity contribution in [3.8, 4) is 0 Å². The summed E-state index contributed by atoms with van der Waals surface area (Å²) in [6.07, 6.45) is 6.90. The minimum Gasteiger partial charge on any atom is -0.313 e. The Bertz CT molecular complexity index is 121. The van der Waals surface area contributed by atoms with Crippen molar-refractivity contribution < 1.29 is 0 Å². The lowest BCUT2D eigenvalue weighted by atomic mass is 9.87. The molecule has 80 valence electrons. The standard InChI is InChI=1S/C11H26N2/c1-4-6-8-10(3)11(12,13)9-7-5-2/h10H,4-9,12-13H2,1-3H3. The van der Waals surface area contributed by atoms with E-state index < -0.39 is 5.66 Å². The molecule has 4 N–H and O–H groups in total. The molecule has 0 aromatic heterocycles. The van der Waals surface area contributed by atoms with Crippen LogP contribution in [0.2, 0.25) is 0 Å². The predicted molar refractivity (Wildman–Crippen MR) is 59.3 cm³/mol. The Hall–Kier alpha value is -0.0800. The molecule has 0 bridgehead atoms. The molecule has 0 fully saturated rings. The van der Waals surface area contributed by atoms with Gasteiger partial charge in [-0.25, -0.2) is 0 Å². The van der Waals surface area contributed by atoms with Gasteiger partial charge < -0.3 is 11.5 Å². The van der Waals surface area contributed by atoms with Gasteiger partial charge in [0.15, 0.2) is 0 Å². The normalized spacial score (nSPS) is 14.5. The van der Waals surface area contributed by atoms with E-state index in [0.29, 0.717) is 5.92 Å². The van der Waals surface area contributed by atoms with Crippen LogP contribution in [0.5, 0.6) is 0 Å². The molecule has 0 aliphatic carbocycles. The van der Waals surface area contributed by atoms with E-state index in [1.165, 1.54) is 19.3 Å². The van der Waals surface area contributed by atoms with Crippen molar-refractivity contribution in [1.29, 1.82) is 0 Å². The Labute approximate surface area is 83.1 Å². The third kappa shape index (κ3) is 5.27. The summed E-state index contributed by atoms with van der Waals surface area (Å²) >= 11 is 0. The molecular weight excluding hydrogens is 160 g/mol. The van der Waals surface area contributed by atoms with E-state index in [0.717, 1.165) is 19.3 Å². The quantitative estimate of drug-likeness (QED) is 0.600. The molecule has 0 aromatic rings. The molecule has 0 saturated heterocycles. The molecule has 0 radical (unpaired) electrons. The molecule has 0 saturated carbocycles. The van der Waals surface area contributed by atoms with Gasteiger partial charge in [-0.1, -0.05) is 46.5 Å². The summed E-state index contributed by atoms with van der Waals surface area (Å²) < 4.78 is 0. The fraction of sp³-hybridized carbons (Fsp3) is 1.00. The van der Waals surface area contributed by atoms with E-state index in [2.05, 4.69) is 20.8 Å². The van der Waals surface area contributed by atoms with Crippen molar-refractivity contribution in [2.45, 2.75) is 65.0 Å². The van der Waals surface area contributed by atoms with Gasteiger partial charge in [0.2, 0.25) is 0 Å². The van der Waals surface area contributed by atoms with Crippen LogP contribution in [0.15, 0.2) is 0 Å². The Balaban J connectivity index is 3.80. The summed E-state index contributed by atoms with van der Waals surface area (Å²) in [7, 11) is 0. The average Bonchev–Trinajstić information content (AvgIpc) is 2.10. The van der Waals surface area contributed by atoms with Crippen molar-refractivity contribution in [1.82, 2.24) is 0 Å². The van der Waals surface area contributed by atoms with E-state index in [1.54, 1.807) is 0 Å². The van der Waals surface area contributed by atoms with Crippen molar-refractivity contribution in [3.05, 3.63) is 0 Å². The lowest BCUT2D eigenvalue weighted by molar-refractivity contribution is 0.254. The van der Waals surface area contributed by atoms with E-state index in [-0.39, 0.29) is 0 Å². The second-order valence-corrected chi connectivity index (χ2v) is 4.26. The van der Waals surface area contributed by atoms with E-state index >= 15 is 0 Å². The second-order valence-electron chi connectivity index (χ2n) is 4.26. The lowest BCUT2D eigenvalue weighted by Crippen LogP contribution is -2.54. The highest BCUT2D eigenvalue weighted by molar-refractivity contribution is 4.82. The molecule has 0 aliphatic heterocycles.